The number of amides is 1. The second-order valence-corrected chi connectivity index (χ2v) is 9.00. The minimum atomic E-state index is -1.82. The van der Waals surface area contributed by atoms with Crippen LogP contribution in [0.4, 0.5) is 5.00 Å². The zero-order valence-corrected chi connectivity index (χ0v) is 18.8. The first-order chi connectivity index (χ1) is 14.7. The Morgan fingerprint density at radius 3 is 2.26 bits per heavy atom. The van der Waals surface area contributed by atoms with Gasteiger partial charge in [-0.25, -0.2) is 14.4 Å². The van der Waals surface area contributed by atoms with E-state index in [1.165, 1.54) is 24.8 Å². The second-order valence-electron chi connectivity index (χ2n) is 7.90. The van der Waals surface area contributed by atoms with Gasteiger partial charge in [0.15, 0.2) is 0 Å². The number of hydrogen-bond acceptors (Lipinski definition) is 7. The predicted molar refractivity (Wildman–Crippen MR) is 116 cm³/mol. The van der Waals surface area contributed by atoms with Crippen LogP contribution in [0.2, 0.25) is 0 Å². The number of ether oxygens (including phenoxy) is 1. The molecule has 0 spiro atoms. The van der Waals surface area contributed by atoms with Gasteiger partial charge in [0.2, 0.25) is 5.91 Å². The van der Waals surface area contributed by atoms with Crippen molar-refractivity contribution in [3.05, 3.63) is 16.0 Å². The molecule has 2 aliphatic rings. The van der Waals surface area contributed by atoms with Crippen LogP contribution in [0.1, 0.15) is 59.8 Å². The van der Waals surface area contributed by atoms with E-state index in [-0.39, 0.29) is 11.9 Å². The van der Waals surface area contributed by atoms with E-state index in [0.717, 1.165) is 50.8 Å². The average molecular weight is 455 g/mol. The normalized spacial score (nSPS) is 18.6. The summed E-state index contributed by atoms with van der Waals surface area (Å²) in [5, 5.41) is 18.5. The molecule has 10 heteroatoms. The molecule has 9 nitrogen and oxygen atoms in total. The van der Waals surface area contributed by atoms with E-state index in [4.69, 9.17) is 24.5 Å². The smallest absolute Gasteiger partial charge is 0.414 e. The molecule has 1 atom stereocenters. The Hall–Kier alpha value is -2.46. The highest BCUT2D eigenvalue weighted by Crippen LogP contribution is 2.40. The lowest BCUT2D eigenvalue weighted by Gasteiger charge is -2.19. The summed E-state index contributed by atoms with van der Waals surface area (Å²) in [7, 11) is 1.40. The van der Waals surface area contributed by atoms with Crippen LogP contribution >= 0.6 is 11.3 Å². The van der Waals surface area contributed by atoms with Crippen LogP contribution in [0.3, 0.4) is 0 Å². The maximum absolute atomic E-state index is 12.5. The molecule has 0 bridgehead atoms. The molecular formula is C21H30N2O7S. The van der Waals surface area contributed by atoms with Crippen LogP contribution < -0.4 is 5.32 Å². The molecule has 31 heavy (non-hydrogen) atoms. The number of likely N-dealkylation sites (tertiary alicyclic amines) is 1. The third kappa shape index (κ3) is 7.32. The van der Waals surface area contributed by atoms with E-state index in [2.05, 4.69) is 17.1 Å². The highest BCUT2D eigenvalue weighted by atomic mass is 32.1. The molecule has 1 aliphatic carbocycles. The van der Waals surface area contributed by atoms with Crippen molar-refractivity contribution in [2.24, 2.45) is 5.92 Å². The standard InChI is InChI=1S/C19H28N2O3S.C2H2O4/c1-13-7-8-14-15(11-13)25-18(17(14)19(23)24-2)20-16(22)12-21-9-5-3-4-6-10-21;3-1(4)2(5)6/h13H,3-12H2,1-2H3,(H,20,22);(H,3,4)(H,5,6). The third-order valence-corrected chi connectivity index (χ3v) is 6.57. The van der Waals surface area contributed by atoms with Gasteiger partial charge >= 0.3 is 17.9 Å². The van der Waals surface area contributed by atoms with Gasteiger partial charge in [-0.2, -0.15) is 0 Å². The Bertz CT molecular complexity index is 801. The van der Waals surface area contributed by atoms with E-state index in [1.807, 2.05) is 0 Å². The lowest BCUT2D eigenvalue weighted by Crippen LogP contribution is -2.34. The number of esters is 1. The zero-order valence-electron chi connectivity index (χ0n) is 17.9. The number of nitrogens with zero attached hydrogens (tertiary/aromatic N) is 1. The summed E-state index contributed by atoms with van der Waals surface area (Å²) in [6.45, 7) is 4.60. The number of rotatable bonds is 4. The van der Waals surface area contributed by atoms with Gasteiger partial charge in [-0.3, -0.25) is 9.69 Å². The van der Waals surface area contributed by atoms with Crippen LogP contribution in [-0.2, 0) is 32.0 Å². The van der Waals surface area contributed by atoms with E-state index in [0.29, 0.717) is 23.0 Å². The van der Waals surface area contributed by atoms with E-state index < -0.39 is 11.9 Å². The number of carboxylic acids is 2. The molecule has 1 saturated heterocycles. The maximum atomic E-state index is 12.5. The highest BCUT2D eigenvalue weighted by Gasteiger charge is 2.29. The number of nitrogens with one attached hydrogen (secondary N) is 1. The number of carbonyl (C=O) groups is 4. The maximum Gasteiger partial charge on any atom is 0.414 e. The first-order valence-electron chi connectivity index (χ1n) is 10.4. The SMILES string of the molecule is COC(=O)c1c(NC(=O)CN2CCCCCC2)sc2c1CCC(C)C2.O=C(O)C(=O)O. The first-order valence-corrected chi connectivity index (χ1v) is 11.3. The molecule has 1 fully saturated rings. The topological polar surface area (TPSA) is 133 Å². The van der Waals surface area contributed by atoms with Crippen molar-refractivity contribution in [3.63, 3.8) is 0 Å². The second kappa shape index (κ2) is 11.8. The first kappa shape index (κ1) is 24.8. The van der Waals surface area contributed by atoms with Crippen LogP contribution in [0.5, 0.6) is 0 Å². The Morgan fingerprint density at radius 1 is 1.10 bits per heavy atom. The molecule has 3 rings (SSSR count). The Kier molecular flexibility index (Phi) is 9.44. The van der Waals surface area contributed by atoms with Gasteiger partial charge in [0.1, 0.15) is 5.00 Å². The molecule has 3 N–H and O–H groups in total. The monoisotopic (exact) mass is 454 g/mol. The molecule has 0 aromatic carbocycles. The number of hydrogen-bond donors (Lipinski definition) is 3. The van der Waals surface area contributed by atoms with Crippen molar-refractivity contribution in [1.29, 1.82) is 0 Å². The zero-order chi connectivity index (χ0) is 23.0. The Labute approximate surface area is 185 Å². The highest BCUT2D eigenvalue weighted by molar-refractivity contribution is 7.17. The van der Waals surface area contributed by atoms with Crippen LogP contribution in [0.25, 0.3) is 0 Å². The fourth-order valence-corrected chi connectivity index (χ4v) is 5.24. The third-order valence-electron chi connectivity index (χ3n) is 5.40. The Balaban J connectivity index is 0.000000501. The van der Waals surface area contributed by atoms with Gasteiger partial charge in [-0.15, -0.1) is 11.3 Å². The number of fused-ring (bicyclic) bond motifs is 1. The number of carbonyl (C=O) groups excluding carboxylic acids is 2. The molecule has 2 heterocycles. The summed E-state index contributed by atoms with van der Waals surface area (Å²) in [5.41, 5.74) is 1.67. The molecule has 1 aromatic rings. The summed E-state index contributed by atoms with van der Waals surface area (Å²) >= 11 is 1.55. The molecular weight excluding hydrogens is 424 g/mol. The van der Waals surface area contributed by atoms with Crippen LogP contribution in [-0.4, -0.2) is 65.7 Å². The van der Waals surface area contributed by atoms with Crippen LogP contribution in [0.15, 0.2) is 0 Å². The molecule has 1 unspecified atom stereocenters. The van der Waals surface area contributed by atoms with Crippen molar-refractivity contribution in [1.82, 2.24) is 4.90 Å². The molecule has 0 radical (unpaired) electrons. The Morgan fingerprint density at radius 2 is 1.71 bits per heavy atom. The fraction of sp³-hybridized carbons (Fsp3) is 0.619. The van der Waals surface area contributed by atoms with Gasteiger partial charge in [0.25, 0.3) is 0 Å². The van der Waals surface area contributed by atoms with Crippen molar-refractivity contribution in [2.45, 2.75) is 51.9 Å². The molecule has 0 saturated carbocycles. The van der Waals surface area contributed by atoms with E-state index in [9.17, 15) is 9.59 Å². The van der Waals surface area contributed by atoms with Gasteiger partial charge in [0.05, 0.1) is 19.2 Å². The molecule has 1 aromatic heterocycles. The summed E-state index contributed by atoms with van der Waals surface area (Å²) in [5.74, 6) is -3.39. The summed E-state index contributed by atoms with van der Waals surface area (Å²) in [6.07, 6.45) is 7.76. The van der Waals surface area contributed by atoms with E-state index >= 15 is 0 Å². The number of carboxylic acid groups (broad SMARTS) is 2. The van der Waals surface area contributed by atoms with Crippen molar-refractivity contribution < 1.29 is 34.1 Å². The van der Waals surface area contributed by atoms with Gasteiger partial charge in [-0.1, -0.05) is 19.8 Å². The number of aliphatic carboxylic acids is 2. The molecule has 172 valence electrons. The fourth-order valence-electron chi connectivity index (χ4n) is 3.82. The summed E-state index contributed by atoms with van der Waals surface area (Å²) in [6, 6.07) is 0. The molecule has 1 amide bonds. The van der Waals surface area contributed by atoms with Gasteiger partial charge in [0, 0.05) is 4.88 Å². The van der Waals surface area contributed by atoms with Gasteiger partial charge < -0.3 is 20.3 Å². The van der Waals surface area contributed by atoms with Gasteiger partial charge in [-0.05, 0) is 56.7 Å². The predicted octanol–water partition coefficient (Wildman–Crippen LogP) is 2.63. The number of thiophene rings is 1. The summed E-state index contributed by atoms with van der Waals surface area (Å²) in [4.78, 5) is 46.5. The van der Waals surface area contributed by atoms with Crippen molar-refractivity contribution in [3.8, 4) is 0 Å². The van der Waals surface area contributed by atoms with E-state index in [1.54, 1.807) is 11.3 Å². The number of anilines is 1. The van der Waals surface area contributed by atoms with Crippen molar-refractivity contribution >= 4 is 40.2 Å². The lowest BCUT2D eigenvalue weighted by atomic mass is 9.88. The lowest BCUT2D eigenvalue weighted by molar-refractivity contribution is -0.159. The molecule has 1 aliphatic heterocycles. The average Bonchev–Trinajstić information content (AvgIpc) is 2.87. The van der Waals surface area contributed by atoms with Crippen LogP contribution in [0, 0.1) is 5.92 Å². The van der Waals surface area contributed by atoms with Crippen molar-refractivity contribution in [2.75, 3.05) is 32.1 Å². The quantitative estimate of drug-likeness (QED) is 0.467. The minimum Gasteiger partial charge on any atom is -0.473 e. The minimum absolute atomic E-state index is 0.0290. The largest absolute Gasteiger partial charge is 0.473 e. The summed E-state index contributed by atoms with van der Waals surface area (Å²) < 4.78 is 4.98. The number of methoxy groups -OCH3 is 1.